The van der Waals surface area contributed by atoms with E-state index in [1.165, 1.54) is 0 Å². The van der Waals surface area contributed by atoms with Crippen molar-refractivity contribution in [2.75, 3.05) is 0 Å². The van der Waals surface area contributed by atoms with Crippen LogP contribution in [0.15, 0.2) is 24.3 Å². The molecular formula is C14H19NO3. The number of ether oxygens (including phenoxy) is 1. The second kappa shape index (κ2) is 4.61. The van der Waals surface area contributed by atoms with Gasteiger partial charge in [0.15, 0.2) is 0 Å². The minimum Gasteiger partial charge on any atom is -0.444 e. The van der Waals surface area contributed by atoms with E-state index in [4.69, 9.17) is 4.74 Å². The van der Waals surface area contributed by atoms with Gasteiger partial charge in [0.1, 0.15) is 5.60 Å². The number of amides is 1. The van der Waals surface area contributed by atoms with Gasteiger partial charge in [-0.1, -0.05) is 24.3 Å². The first kappa shape index (κ1) is 12.9. The molecule has 2 rings (SSSR count). The maximum absolute atomic E-state index is 11.7. The fourth-order valence-corrected chi connectivity index (χ4v) is 2.20. The molecule has 0 heterocycles. The van der Waals surface area contributed by atoms with Crippen molar-refractivity contribution in [1.82, 2.24) is 5.32 Å². The van der Waals surface area contributed by atoms with Crippen LogP contribution >= 0.6 is 0 Å². The van der Waals surface area contributed by atoms with Gasteiger partial charge in [0, 0.05) is 6.42 Å². The number of carbonyl (C=O) groups is 1. The number of nitrogens with one attached hydrogen (secondary N) is 1. The average Bonchev–Trinajstić information content (AvgIpc) is 2.54. The first-order chi connectivity index (χ1) is 8.37. The molecule has 0 aliphatic heterocycles. The fraction of sp³-hybridized carbons (Fsp3) is 0.500. The lowest BCUT2D eigenvalue weighted by molar-refractivity contribution is 0.0493. The van der Waals surface area contributed by atoms with Gasteiger partial charge >= 0.3 is 6.09 Å². The van der Waals surface area contributed by atoms with Crippen LogP contribution in [0.5, 0.6) is 0 Å². The molecule has 4 heteroatoms. The second-order valence-electron chi connectivity index (χ2n) is 5.58. The number of aliphatic hydroxyl groups is 1. The van der Waals surface area contributed by atoms with Crippen molar-refractivity contribution in [3.8, 4) is 0 Å². The van der Waals surface area contributed by atoms with Crippen LogP contribution in [0.1, 0.15) is 50.5 Å². The highest BCUT2D eigenvalue weighted by Crippen LogP contribution is 2.38. The van der Waals surface area contributed by atoms with Gasteiger partial charge in [-0.15, -0.1) is 0 Å². The Balaban J connectivity index is 2.07. The van der Waals surface area contributed by atoms with Crippen molar-refractivity contribution < 1.29 is 14.6 Å². The third kappa shape index (κ3) is 2.82. The normalized spacial score (nSPS) is 22.4. The molecule has 0 aromatic heterocycles. The monoisotopic (exact) mass is 249 g/mol. The Hall–Kier alpha value is -1.55. The van der Waals surface area contributed by atoms with Crippen LogP contribution in [0, 0.1) is 0 Å². The lowest BCUT2D eigenvalue weighted by atomic mass is 10.1. The third-order valence-corrected chi connectivity index (χ3v) is 2.88. The molecule has 18 heavy (non-hydrogen) atoms. The third-order valence-electron chi connectivity index (χ3n) is 2.88. The second-order valence-corrected chi connectivity index (χ2v) is 5.58. The van der Waals surface area contributed by atoms with Crippen molar-refractivity contribution in [1.29, 1.82) is 0 Å². The zero-order chi connectivity index (χ0) is 13.3. The Labute approximate surface area is 107 Å². The molecule has 0 saturated heterocycles. The van der Waals surface area contributed by atoms with Gasteiger partial charge in [0.2, 0.25) is 0 Å². The minimum absolute atomic E-state index is 0.175. The summed E-state index contributed by atoms with van der Waals surface area (Å²) >= 11 is 0. The molecule has 0 saturated carbocycles. The van der Waals surface area contributed by atoms with Crippen molar-refractivity contribution >= 4 is 6.09 Å². The molecule has 4 nitrogen and oxygen atoms in total. The van der Waals surface area contributed by atoms with Crippen LogP contribution in [0.25, 0.3) is 0 Å². The lowest BCUT2D eigenvalue weighted by Crippen LogP contribution is -2.34. The minimum atomic E-state index is -0.513. The molecular weight excluding hydrogens is 230 g/mol. The van der Waals surface area contributed by atoms with Crippen molar-refractivity contribution in [2.24, 2.45) is 0 Å². The zero-order valence-corrected chi connectivity index (χ0v) is 10.9. The number of carbonyl (C=O) groups excluding carboxylic acids is 1. The van der Waals surface area contributed by atoms with Crippen LogP contribution in [0.4, 0.5) is 4.79 Å². The number of alkyl carbamates (subject to hydrolysis) is 1. The van der Waals surface area contributed by atoms with E-state index in [0.29, 0.717) is 6.42 Å². The van der Waals surface area contributed by atoms with Gasteiger partial charge in [-0.05, 0) is 31.9 Å². The summed E-state index contributed by atoms with van der Waals surface area (Å²) in [6.45, 7) is 5.47. The molecule has 0 spiro atoms. The van der Waals surface area contributed by atoms with Gasteiger partial charge in [-0.2, -0.15) is 0 Å². The van der Waals surface area contributed by atoms with Gasteiger partial charge in [-0.25, -0.2) is 4.79 Å². The maximum Gasteiger partial charge on any atom is 0.408 e. The van der Waals surface area contributed by atoms with E-state index in [9.17, 15) is 9.90 Å². The smallest absolute Gasteiger partial charge is 0.408 e. The van der Waals surface area contributed by atoms with Gasteiger partial charge in [0.05, 0.1) is 12.1 Å². The first-order valence-corrected chi connectivity index (χ1v) is 6.13. The Morgan fingerprint density at radius 2 is 1.94 bits per heavy atom. The van der Waals surface area contributed by atoms with Crippen LogP contribution in [-0.2, 0) is 4.74 Å². The number of aliphatic hydroxyl groups excluding tert-OH is 1. The average molecular weight is 249 g/mol. The molecule has 0 unspecified atom stereocenters. The summed E-state index contributed by atoms with van der Waals surface area (Å²) in [4.78, 5) is 11.7. The Kier molecular flexibility index (Phi) is 3.30. The van der Waals surface area contributed by atoms with Crippen LogP contribution < -0.4 is 5.32 Å². The number of benzene rings is 1. The Bertz CT molecular complexity index is 451. The van der Waals surface area contributed by atoms with Crippen molar-refractivity contribution in [3.05, 3.63) is 35.4 Å². The summed E-state index contributed by atoms with van der Waals surface area (Å²) < 4.78 is 5.22. The predicted octanol–water partition coefficient (Wildman–Crippen LogP) is 2.69. The SMILES string of the molecule is CC(C)(C)OC(=O)N[C@@H]1C[C@@H](O)c2ccccc21. The fourth-order valence-electron chi connectivity index (χ4n) is 2.20. The van der Waals surface area contributed by atoms with E-state index in [1.807, 2.05) is 45.0 Å². The maximum atomic E-state index is 11.7. The van der Waals surface area contributed by atoms with E-state index >= 15 is 0 Å². The Morgan fingerprint density at radius 3 is 2.56 bits per heavy atom. The first-order valence-electron chi connectivity index (χ1n) is 6.13. The van der Waals surface area contributed by atoms with Gasteiger partial charge in [-0.3, -0.25) is 0 Å². The summed E-state index contributed by atoms with van der Waals surface area (Å²) in [6, 6.07) is 7.43. The van der Waals surface area contributed by atoms with Crippen LogP contribution in [0.3, 0.4) is 0 Å². The van der Waals surface area contributed by atoms with Crippen LogP contribution in [-0.4, -0.2) is 16.8 Å². The highest BCUT2D eigenvalue weighted by molar-refractivity contribution is 5.68. The Morgan fingerprint density at radius 1 is 1.33 bits per heavy atom. The molecule has 98 valence electrons. The molecule has 2 atom stereocenters. The molecule has 1 aromatic carbocycles. The number of hydrogen-bond donors (Lipinski definition) is 2. The number of hydrogen-bond acceptors (Lipinski definition) is 3. The molecule has 0 fully saturated rings. The molecule has 0 bridgehead atoms. The summed E-state index contributed by atoms with van der Waals surface area (Å²) in [6.07, 6.45) is -0.462. The largest absolute Gasteiger partial charge is 0.444 e. The highest BCUT2D eigenvalue weighted by atomic mass is 16.6. The molecule has 1 aliphatic rings. The highest BCUT2D eigenvalue weighted by Gasteiger charge is 2.31. The van der Waals surface area contributed by atoms with E-state index in [-0.39, 0.29) is 6.04 Å². The zero-order valence-electron chi connectivity index (χ0n) is 10.9. The van der Waals surface area contributed by atoms with E-state index in [0.717, 1.165) is 11.1 Å². The number of rotatable bonds is 1. The number of fused-ring (bicyclic) bond motifs is 1. The van der Waals surface area contributed by atoms with E-state index < -0.39 is 17.8 Å². The standard InChI is InChI=1S/C14H19NO3/c1-14(2,3)18-13(17)15-11-8-12(16)10-7-5-4-6-9(10)11/h4-7,11-12,16H,8H2,1-3H3,(H,15,17)/t11-,12-/m1/s1. The summed E-state index contributed by atoms with van der Waals surface area (Å²) in [5.41, 5.74) is 1.34. The molecule has 2 N–H and O–H groups in total. The molecule has 1 amide bonds. The van der Waals surface area contributed by atoms with E-state index in [1.54, 1.807) is 0 Å². The van der Waals surface area contributed by atoms with Crippen molar-refractivity contribution in [2.45, 2.75) is 44.9 Å². The summed E-state index contributed by atoms with van der Waals surface area (Å²) in [7, 11) is 0. The molecule has 1 aliphatic carbocycles. The van der Waals surface area contributed by atoms with Gasteiger partial charge < -0.3 is 15.2 Å². The quantitative estimate of drug-likeness (QED) is 0.804. The predicted molar refractivity (Wildman–Crippen MR) is 68.1 cm³/mol. The van der Waals surface area contributed by atoms with E-state index in [2.05, 4.69) is 5.32 Å². The topological polar surface area (TPSA) is 58.6 Å². The summed E-state index contributed by atoms with van der Waals surface area (Å²) in [5, 5.41) is 12.7. The van der Waals surface area contributed by atoms with Gasteiger partial charge in [0.25, 0.3) is 0 Å². The van der Waals surface area contributed by atoms with Crippen molar-refractivity contribution in [3.63, 3.8) is 0 Å². The van der Waals surface area contributed by atoms with Crippen LogP contribution in [0.2, 0.25) is 0 Å². The summed E-state index contributed by atoms with van der Waals surface area (Å²) in [5.74, 6) is 0. The molecule has 0 radical (unpaired) electrons. The molecule has 1 aromatic rings. The lowest BCUT2D eigenvalue weighted by Gasteiger charge is -2.22.